The van der Waals surface area contributed by atoms with Gasteiger partial charge < -0.3 is 9.40 Å². The Kier molecular flexibility index (Phi) is 5.07. The van der Waals surface area contributed by atoms with Crippen LogP contribution in [0, 0.1) is 0 Å². The molecular weight excluding hydrogens is 436 g/mol. The van der Waals surface area contributed by atoms with Crippen LogP contribution in [0.4, 0.5) is 0 Å². The highest BCUT2D eigenvalue weighted by molar-refractivity contribution is 9.10. The van der Waals surface area contributed by atoms with Crippen LogP contribution in [0.1, 0.15) is 0 Å². The number of para-hydroxylation sites is 2. The second-order valence-corrected chi connectivity index (χ2v) is 7.24. The number of hydrogen-bond donors (Lipinski definition) is 1. The van der Waals surface area contributed by atoms with Crippen molar-refractivity contribution in [1.82, 2.24) is 9.97 Å². The van der Waals surface area contributed by atoms with Gasteiger partial charge in [-0.2, -0.15) is 0 Å². The van der Waals surface area contributed by atoms with Gasteiger partial charge in [0, 0.05) is 15.6 Å². The van der Waals surface area contributed by atoms with E-state index in [1.54, 1.807) is 0 Å². The molecule has 0 amide bonds. The molecule has 0 aliphatic carbocycles. The van der Waals surface area contributed by atoms with Gasteiger partial charge >= 0.3 is 0 Å². The van der Waals surface area contributed by atoms with Crippen molar-refractivity contribution in [3.63, 3.8) is 0 Å². The number of fused-ring (bicyclic) bond motifs is 1. The summed E-state index contributed by atoms with van der Waals surface area (Å²) >= 11 is 3.50. The lowest BCUT2D eigenvalue weighted by Crippen LogP contribution is -1.82. The van der Waals surface area contributed by atoms with Crippen LogP contribution in [0.15, 0.2) is 93.8 Å². The molecule has 0 aliphatic rings. The van der Waals surface area contributed by atoms with Gasteiger partial charge in [-0.15, -0.1) is 12.4 Å². The first-order valence-electron chi connectivity index (χ1n) is 8.68. The van der Waals surface area contributed by atoms with Crippen LogP contribution in [0.25, 0.3) is 45.1 Å². The van der Waals surface area contributed by atoms with Crippen molar-refractivity contribution in [3.05, 3.63) is 89.4 Å². The molecule has 0 saturated heterocycles. The molecule has 2 heterocycles. The van der Waals surface area contributed by atoms with E-state index in [4.69, 9.17) is 9.40 Å². The van der Waals surface area contributed by atoms with E-state index in [1.165, 1.54) is 0 Å². The van der Waals surface area contributed by atoms with E-state index < -0.39 is 0 Å². The summed E-state index contributed by atoms with van der Waals surface area (Å²) < 4.78 is 7.34. The summed E-state index contributed by atoms with van der Waals surface area (Å²) in [6, 6.07) is 28.3. The molecule has 2 aromatic heterocycles. The van der Waals surface area contributed by atoms with Gasteiger partial charge in [-0.25, -0.2) is 4.98 Å². The monoisotopic (exact) mass is 450 g/mol. The Bertz CT molecular complexity index is 1190. The van der Waals surface area contributed by atoms with Crippen LogP contribution in [-0.4, -0.2) is 9.97 Å². The summed E-state index contributed by atoms with van der Waals surface area (Å²) in [6.45, 7) is 0. The molecular formula is C23H16BrClN2O. The first-order chi connectivity index (χ1) is 13.3. The van der Waals surface area contributed by atoms with Crippen LogP contribution in [-0.2, 0) is 0 Å². The molecule has 28 heavy (non-hydrogen) atoms. The van der Waals surface area contributed by atoms with Gasteiger partial charge in [-0.05, 0) is 30.3 Å². The number of nitrogens with zero attached hydrogens (tertiary/aromatic N) is 1. The van der Waals surface area contributed by atoms with Crippen LogP contribution in [0.2, 0.25) is 0 Å². The molecule has 3 aromatic carbocycles. The number of benzene rings is 3. The van der Waals surface area contributed by atoms with Gasteiger partial charge in [0.05, 0.1) is 16.6 Å². The minimum Gasteiger partial charge on any atom is -0.455 e. The molecule has 1 N–H and O–H groups in total. The van der Waals surface area contributed by atoms with E-state index in [2.05, 4.69) is 27.0 Å². The molecule has 5 aromatic rings. The van der Waals surface area contributed by atoms with E-state index in [9.17, 15) is 0 Å². The fourth-order valence-corrected chi connectivity index (χ4v) is 3.47. The SMILES string of the molecule is Brc1ccc(-c2oc(-c3ccccc3)cc2-c2nc3ccccc3[nH]2)cc1.Cl. The minimum atomic E-state index is 0. The molecule has 0 aliphatic heterocycles. The maximum Gasteiger partial charge on any atom is 0.145 e. The molecule has 138 valence electrons. The van der Waals surface area contributed by atoms with E-state index >= 15 is 0 Å². The molecule has 5 heteroatoms. The summed E-state index contributed by atoms with van der Waals surface area (Å²) in [4.78, 5) is 8.19. The Hall–Kier alpha value is -2.82. The Morgan fingerprint density at radius 2 is 1.50 bits per heavy atom. The van der Waals surface area contributed by atoms with Gasteiger partial charge in [-0.3, -0.25) is 0 Å². The average molecular weight is 452 g/mol. The Morgan fingerprint density at radius 1 is 0.786 bits per heavy atom. The number of rotatable bonds is 3. The summed E-state index contributed by atoms with van der Waals surface area (Å²) in [6.07, 6.45) is 0. The van der Waals surface area contributed by atoms with Gasteiger partial charge in [0.2, 0.25) is 0 Å². The minimum absolute atomic E-state index is 0. The number of H-pyrrole nitrogens is 1. The zero-order valence-corrected chi connectivity index (χ0v) is 17.1. The zero-order chi connectivity index (χ0) is 18.2. The number of nitrogens with one attached hydrogen (secondary N) is 1. The molecule has 0 radical (unpaired) electrons. The van der Waals surface area contributed by atoms with Crippen molar-refractivity contribution in [2.24, 2.45) is 0 Å². The lowest BCUT2D eigenvalue weighted by atomic mass is 10.1. The second-order valence-electron chi connectivity index (χ2n) is 6.33. The van der Waals surface area contributed by atoms with Crippen molar-refractivity contribution < 1.29 is 4.42 Å². The molecule has 0 fully saturated rings. The predicted molar refractivity (Wildman–Crippen MR) is 120 cm³/mol. The number of aromatic amines is 1. The fraction of sp³-hybridized carbons (Fsp3) is 0. The lowest BCUT2D eigenvalue weighted by Gasteiger charge is -2.01. The van der Waals surface area contributed by atoms with Crippen LogP contribution in [0.5, 0.6) is 0 Å². The third-order valence-corrected chi connectivity index (χ3v) is 5.07. The van der Waals surface area contributed by atoms with Gasteiger partial charge in [-0.1, -0.05) is 70.5 Å². The van der Waals surface area contributed by atoms with E-state index in [-0.39, 0.29) is 12.4 Å². The molecule has 3 nitrogen and oxygen atoms in total. The molecule has 0 atom stereocenters. The first-order valence-corrected chi connectivity index (χ1v) is 9.47. The molecule has 0 bridgehead atoms. The van der Waals surface area contributed by atoms with Crippen molar-refractivity contribution in [2.75, 3.05) is 0 Å². The number of hydrogen-bond acceptors (Lipinski definition) is 2. The predicted octanol–water partition coefficient (Wildman–Crippen LogP) is 7.34. The van der Waals surface area contributed by atoms with E-state index in [0.717, 1.165) is 49.5 Å². The molecule has 0 saturated carbocycles. The Balaban J connectivity index is 0.00000192. The number of aromatic nitrogens is 2. The highest BCUT2D eigenvalue weighted by atomic mass is 79.9. The van der Waals surface area contributed by atoms with Crippen molar-refractivity contribution in [1.29, 1.82) is 0 Å². The highest BCUT2D eigenvalue weighted by Gasteiger charge is 2.18. The number of imidazole rings is 1. The lowest BCUT2D eigenvalue weighted by molar-refractivity contribution is 0.598. The fourth-order valence-electron chi connectivity index (χ4n) is 3.21. The third-order valence-electron chi connectivity index (χ3n) is 4.54. The quantitative estimate of drug-likeness (QED) is 0.312. The van der Waals surface area contributed by atoms with E-state index in [0.29, 0.717) is 0 Å². The zero-order valence-electron chi connectivity index (χ0n) is 14.7. The highest BCUT2D eigenvalue weighted by Crippen LogP contribution is 2.38. The summed E-state index contributed by atoms with van der Waals surface area (Å²) in [5.74, 6) is 2.43. The van der Waals surface area contributed by atoms with Gasteiger partial charge in [0.15, 0.2) is 0 Å². The topological polar surface area (TPSA) is 41.8 Å². The van der Waals surface area contributed by atoms with Crippen molar-refractivity contribution in [2.45, 2.75) is 0 Å². The van der Waals surface area contributed by atoms with Crippen LogP contribution >= 0.6 is 28.3 Å². The summed E-state index contributed by atoms with van der Waals surface area (Å²) in [5, 5.41) is 0. The maximum absolute atomic E-state index is 6.30. The normalized spacial score (nSPS) is 10.8. The number of furan rings is 1. The second kappa shape index (κ2) is 7.66. The smallest absolute Gasteiger partial charge is 0.145 e. The average Bonchev–Trinajstić information content (AvgIpc) is 3.33. The maximum atomic E-state index is 6.30. The Labute approximate surface area is 177 Å². The number of halogens is 2. The summed E-state index contributed by atoms with van der Waals surface area (Å²) in [5.41, 5.74) is 4.95. The van der Waals surface area contributed by atoms with Gasteiger partial charge in [0.1, 0.15) is 17.3 Å². The van der Waals surface area contributed by atoms with Crippen molar-refractivity contribution >= 4 is 39.4 Å². The Morgan fingerprint density at radius 3 is 2.25 bits per heavy atom. The largest absolute Gasteiger partial charge is 0.455 e. The van der Waals surface area contributed by atoms with Gasteiger partial charge in [0.25, 0.3) is 0 Å². The third kappa shape index (κ3) is 3.37. The molecule has 0 spiro atoms. The summed E-state index contributed by atoms with van der Waals surface area (Å²) in [7, 11) is 0. The van der Waals surface area contributed by atoms with Crippen LogP contribution < -0.4 is 0 Å². The van der Waals surface area contributed by atoms with Crippen LogP contribution in [0.3, 0.4) is 0 Å². The molecule has 0 unspecified atom stereocenters. The first kappa shape index (κ1) is 18.5. The standard InChI is InChI=1S/C23H15BrN2O.ClH/c24-17-12-10-16(11-13-17)22-18(14-21(27-22)15-6-2-1-3-7-15)23-25-19-8-4-5-9-20(19)26-23;/h1-14H,(H,25,26);1H. The van der Waals surface area contributed by atoms with Crippen molar-refractivity contribution in [3.8, 4) is 34.0 Å². The molecule has 5 rings (SSSR count). The van der Waals surface area contributed by atoms with E-state index in [1.807, 2.05) is 78.9 Å².